The van der Waals surface area contributed by atoms with Gasteiger partial charge in [0.2, 0.25) is 0 Å². The second-order valence-corrected chi connectivity index (χ2v) is 7.94. The van der Waals surface area contributed by atoms with Crippen molar-refractivity contribution in [2.45, 2.75) is 20.0 Å². The van der Waals surface area contributed by atoms with Gasteiger partial charge in [0.1, 0.15) is 16.7 Å². The number of nitrogens with zero attached hydrogens (tertiary/aromatic N) is 1. The lowest BCUT2D eigenvalue weighted by molar-refractivity contribution is -0.137. The van der Waals surface area contributed by atoms with Gasteiger partial charge in [-0.2, -0.15) is 0 Å². The molecule has 1 N–H and O–H groups in total. The van der Waals surface area contributed by atoms with E-state index in [0.29, 0.717) is 21.6 Å². The summed E-state index contributed by atoms with van der Waals surface area (Å²) in [6.45, 7) is 2.59. The van der Waals surface area contributed by atoms with Crippen molar-refractivity contribution in [3.05, 3.63) is 70.1 Å². The summed E-state index contributed by atoms with van der Waals surface area (Å²) < 4.78 is 6.27. The third kappa shape index (κ3) is 4.99. The van der Waals surface area contributed by atoms with E-state index in [2.05, 4.69) is 0 Å². The molecule has 2 aromatic rings. The predicted molar refractivity (Wildman–Crippen MR) is 114 cm³/mol. The second kappa shape index (κ2) is 9.03. The van der Waals surface area contributed by atoms with Crippen LogP contribution in [0.2, 0.25) is 0 Å². The van der Waals surface area contributed by atoms with Crippen molar-refractivity contribution < 1.29 is 19.4 Å². The number of thiocarbonyl (C=S) groups is 1. The summed E-state index contributed by atoms with van der Waals surface area (Å²) in [7, 11) is 0. The van der Waals surface area contributed by atoms with E-state index in [-0.39, 0.29) is 18.9 Å². The molecule has 1 heterocycles. The minimum atomic E-state index is -0.962. The van der Waals surface area contributed by atoms with Crippen molar-refractivity contribution in [3.63, 3.8) is 0 Å². The van der Waals surface area contributed by atoms with Crippen LogP contribution in [0.5, 0.6) is 5.75 Å². The first-order chi connectivity index (χ1) is 13.4. The monoisotopic (exact) mass is 413 g/mol. The van der Waals surface area contributed by atoms with E-state index in [1.54, 1.807) is 6.08 Å². The van der Waals surface area contributed by atoms with Crippen molar-refractivity contribution in [2.75, 3.05) is 6.54 Å². The zero-order valence-corrected chi connectivity index (χ0v) is 16.9. The number of amides is 1. The first-order valence-corrected chi connectivity index (χ1v) is 9.91. The van der Waals surface area contributed by atoms with Gasteiger partial charge in [0.25, 0.3) is 5.91 Å². The van der Waals surface area contributed by atoms with E-state index >= 15 is 0 Å². The van der Waals surface area contributed by atoms with Crippen molar-refractivity contribution >= 4 is 46.3 Å². The summed E-state index contributed by atoms with van der Waals surface area (Å²) in [5.74, 6) is -0.516. The normalized spacial score (nSPS) is 15.3. The van der Waals surface area contributed by atoms with E-state index in [1.165, 1.54) is 22.2 Å². The quantitative estimate of drug-likeness (QED) is 0.541. The van der Waals surface area contributed by atoms with Crippen LogP contribution >= 0.6 is 24.0 Å². The average molecular weight is 414 g/mol. The molecule has 1 fully saturated rings. The van der Waals surface area contributed by atoms with Crippen molar-refractivity contribution in [2.24, 2.45) is 0 Å². The number of carboxylic acids is 1. The molecule has 0 atom stereocenters. The standard InChI is InChI=1S/C21H19NO4S2/c1-14-5-2-3-7-16(14)13-26-17-8-4-6-15(11-17)12-18-20(25)22(21(27)28-18)10-9-19(23)24/h2-8,11-12H,9-10,13H2,1H3,(H,23,24)/b18-12+. The average Bonchev–Trinajstić information content (AvgIpc) is 2.92. The topological polar surface area (TPSA) is 66.8 Å². The fourth-order valence-corrected chi connectivity index (χ4v) is 3.99. The SMILES string of the molecule is Cc1ccccc1COc1cccc(/C=C2/SC(=S)N(CCC(=O)O)C2=O)c1. The molecule has 1 amide bonds. The van der Waals surface area contributed by atoms with Crippen LogP contribution in [0, 0.1) is 6.92 Å². The highest BCUT2D eigenvalue weighted by atomic mass is 32.2. The maximum absolute atomic E-state index is 12.5. The molecular weight excluding hydrogens is 394 g/mol. The largest absolute Gasteiger partial charge is 0.489 e. The molecule has 2 aromatic carbocycles. The van der Waals surface area contributed by atoms with Crippen LogP contribution in [0.1, 0.15) is 23.1 Å². The van der Waals surface area contributed by atoms with Gasteiger partial charge in [-0.1, -0.05) is 60.4 Å². The molecule has 1 aliphatic heterocycles. The zero-order valence-electron chi connectivity index (χ0n) is 15.3. The number of hydrogen-bond acceptors (Lipinski definition) is 5. The van der Waals surface area contributed by atoms with Crippen LogP contribution in [0.4, 0.5) is 0 Å². The molecule has 28 heavy (non-hydrogen) atoms. The molecule has 1 aliphatic rings. The van der Waals surface area contributed by atoms with E-state index < -0.39 is 5.97 Å². The van der Waals surface area contributed by atoms with Gasteiger partial charge in [0.05, 0.1) is 11.3 Å². The number of ether oxygens (including phenoxy) is 1. The fraction of sp³-hybridized carbons (Fsp3) is 0.190. The highest BCUT2D eigenvalue weighted by Crippen LogP contribution is 2.33. The van der Waals surface area contributed by atoms with Crippen molar-refractivity contribution in [1.82, 2.24) is 4.90 Å². The van der Waals surface area contributed by atoms with Gasteiger partial charge >= 0.3 is 5.97 Å². The molecule has 0 aliphatic carbocycles. The number of carboxylic acid groups (broad SMARTS) is 1. The lowest BCUT2D eigenvalue weighted by Gasteiger charge is -2.12. The summed E-state index contributed by atoms with van der Waals surface area (Å²) in [6.07, 6.45) is 1.61. The highest BCUT2D eigenvalue weighted by molar-refractivity contribution is 8.26. The van der Waals surface area contributed by atoms with Crippen LogP contribution < -0.4 is 4.74 Å². The molecule has 0 aromatic heterocycles. The van der Waals surface area contributed by atoms with Gasteiger partial charge in [0, 0.05) is 6.54 Å². The smallest absolute Gasteiger partial charge is 0.305 e. The summed E-state index contributed by atoms with van der Waals surface area (Å²) in [5.41, 5.74) is 3.11. The van der Waals surface area contributed by atoms with Crippen molar-refractivity contribution in [3.8, 4) is 5.75 Å². The molecule has 7 heteroatoms. The second-order valence-electron chi connectivity index (χ2n) is 6.26. The van der Waals surface area contributed by atoms with Gasteiger partial charge in [-0.15, -0.1) is 0 Å². The number of carbonyl (C=O) groups is 2. The highest BCUT2D eigenvalue weighted by Gasteiger charge is 2.32. The summed E-state index contributed by atoms with van der Waals surface area (Å²) >= 11 is 6.39. The minimum Gasteiger partial charge on any atom is -0.489 e. The predicted octanol–water partition coefficient (Wildman–Crippen LogP) is 4.25. The number of aliphatic carboxylic acids is 1. The molecule has 144 valence electrons. The van der Waals surface area contributed by atoms with E-state index in [9.17, 15) is 9.59 Å². The Morgan fingerprint density at radius 1 is 1.25 bits per heavy atom. The van der Waals surface area contributed by atoms with Crippen LogP contribution in [-0.2, 0) is 16.2 Å². The van der Waals surface area contributed by atoms with Gasteiger partial charge in [0.15, 0.2) is 0 Å². The van der Waals surface area contributed by atoms with E-state index in [1.807, 2.05) is 55.5 Å². The molecule has 0 unspecified atom stereocenters. The molecule has 0 saturated carbocycles. The first kappa shape index (κ1) is 20.1. The minimum absolute atomic E-state index is 0.0803. The van der Waals surface area contributed by atoms with Gasteiger partial charge in [-0.25, -0.2) is 0 Å². The summed E-state index contributed by atoms with van der Waals surface area (Å²) in [4.78, 5) is 25.0. The van der Waals surface area contributed by atoms with Gasteiger partial charge in [-0.05, 0) is 41.8 Å². The Labute approximate surface area is 173 Å². The van der Waals surface area contributed by atoms with Gasteiger partial charge in [-0.3, -0.25) is 14.5 Å². The lowest BCUT2D eigenvalue weighted by atomic mass is 10.1. The molecule has 0 bridgehead atoms. The Bertz CT molecular complexity index is 955. The molecule has 3 rings (SSSR count). The molecule has 0 radical (unpaired) electrons. The lowest BCUT2D eigenvalue weighted by Crippen LogP contribution is -2.30. The number of aryl methyl sites for hydroxylation is 1. The van der Waals surface area contributed by atoms with Crippen molar-refractivity contribution in [1.29, 1.82) is 0 Å². The number of benzene rings is 2. The molecule has 5 nitrogen and oxygen atoms in total. The number of hydrogen-bond donors (Lipinski definition) is 1. The third-order valence-corrected chi connectivity index (χ3v) is 5.61. The summed E-state index contributed by atoms with van der Waals surface area (Å²) in [5, 5.41) is 8.81. The number of rotatable bonds is 7. The molecular formula is C21H19NO4S2. The maximum Gasteiger partial charge on any atom is 0.305 e. The van der Waals surface area contributed by atoms with Crippen LogP contribution in [0.25, 0.3) is 6.08 Å². The van der Waals surface area contributed by atoms with E-state index in [4.69, 9.17) is 22.1 Å². The van der Waals surface area contributed by atoms with Crippen LogP contribution in [0.15, 0.2) is 53.4 Å². The Hall–Kier alpha value is -2.64. The Morgan fingerprint density at radius 3 is 2.79 bits per heavy atom. The number of thioether (sulfide) groups is 1. The fourth-order valence-electron chi connectivity index (χ4n) is 2.68. The Morgan fingerprint density at radius 2 is 2.04 bits per heavy atom. The van der Waals surface area contributed by atoms with Crippen LogP contribution in [0.3, 0.4) is 0 Å². The Kier molecular flexibility index (Phi) is 6.49. The molecule has 1 saturated heterocycles. The molecule has 0 spiro atoms. The zero-order chi connectivity index (χ0) is 20.1. The van der Waals surface area contributed by atoms with Crippen LogP contribution in [-0.4, -0.2) is 32.7 Å². The number of carbonyl (C=O) groups excluding carboxylic acids is 1. The van der Waals surface area contributed by atoms with Gasteiger partial charge < -0.3 is 9.84 Å². The first-order valence-electron chi connectivity index (χ1n) is 8.68. The maximum atomic E-state index is 12.5. The third-order valence-electron chi connectivity index (χ3n) is 4.23. The Balaban J connectivity index is 1.70. The summed E-state index contributed by atoms with van der Waals surface area (Å²) in [6, 6.07) is 15.5. The van der Waals surface area contributed by atoms with E-state index in [0.717, 1.165) is 11.1 Å².